The van der Waals surface area contributed by atoms with Crippen molar-refractivity contribution in [3.8, 4) is 0 Å². The Labute approximate surface area is 144 Å². The van der Waals surface area contributed by atoms with Gasteiger partial charge in [0.25, 0.3) is 0 Å². The quantitative estimate of drug-likeness (QED) is 0.781. The molecule has 1 N–H and O–H groups in total. The van der Waals surface area contributed by atoms with Crippen molar-refractivity contribution in [2.24, 2.45) is 0 Å². The number of rotatable bonds is 6. The van der Waals surface area contributed by atoms with Crippen LogP contribution in [0.3, 0.4) is 0 Å². The predicted molar refractivity (Wildman–Crippen MR) is 93.9 cm³/mol. The first-order valence-corrected chi connectivity index (χ1v) is 8.98. The van der Waals surface area contributed by atoms with Gasteiger partial charge in [-0.3, -0.25) is 0 Å². The fraction of sp³-hybridized carbons (Fsp3) is 0.611. The van der Waals surface area contributed by atoms with Crippen LogP contribution in [0.25, 0.3) is 0 Å². The summed E-state index contributed by atoms with van der Waals surface area (Å²) in [6.07, 6.45) is 5.15. The fourth-order valence-corrected chi connectivity index (χ4v) is 3.30. The molecule has 0 spiro atoms. The monoisotopic (exact) mass is 338 g/mol. The Morgan fingerprint density at radius 3 is 2.96 bits per heavy atom. The van der Waals surface area contributed by atoms with Crippen LogP contribution >= 0.6 is 11.6 Å². The van der Waals surface area contributed by atoms with Gasteiger partial charge in [0.2, 0.25) is 0 Å². The van der Waals surface area contributed by atoms with Crippen molar-refractivity contribution < 1.29 is 9.53 Å². The van der Waals surface area contributed by atoms with Crippen molar-refractivity contribution in [3.05, 3.63) is 34.9 Å². The third-order valence-electron chi connectivity index (χ3n) is 4.22. The molecule has 1 aliphatic heterocycles. The second kappa shape index (κ2) is 9.78. The average molecular weight is 339 g/mol. The number of amides is 2. The lowest BCUT2D eigenvalue weighted by atomic mass is 10.0. The first kappa shape index (κ1) is 18.1. The van der Waals surface area contributed by atoms with Gasteiger partial charge in [-0.05, 0) is 37.8 Å². The van der Waals surface area contributed by atoms with Crippen LogP contribution in [0.1, 0.15) is 50.6 Å². The minimum atomic E-state index is 0.00770. The second-order valence-electron chi connectivity index (χ2n) is 5.86. The summed E-state index contributed by atoms with van der Waals surface area (Å²) in [5.41, 5.74) is 1.06. The maximum absolute atomic E-state index is 12.6. The number of nitrogens with zero attached hydrogens (tertiary/aromatic N) is 1. The third-order valence-corrected chi connectivity index (χ3v) is 4.57. The van der Waals surface area contributed by atoms with Gasteiger partial charge in [0.05, 0.1) is 6.04 Å². The van der Waals surface area contributed by atoms with E-state index in [9.17, 15) is 4.79 Å². The van der Waals surface area contributed by atoms with Crippen molar-refractivity contribution in [2.75, 3.05) is 26.3 Å². The van der Waals surface area contributed by atoms with Gasteiger partial charge in [-0.1, -0.05) is 42.6 Å². The molecular weight excluding hydrogens is 312 g/mol. The van der Waals surface area contributed by atoms with Gasteiger partial charge in [0.15, 0.2) is 0 Å². The molecule has 23 heavy (non-hydrogen) atoms. The molecule has 1 atom stereocenters. The van der Waals surface area contributed by atoms with Gasteiger partial charge in [-0.2, -0.15) is 0 Å². The van der Waals surface area contributed by atoms with E-state index in [1.54, 1.807) is 0 Å². The molecule has 0 radical (unpaired) electrons. The standard InChI is InChI=1S/C18H27ClN2O2/c1-2-23-14-8-12-20-18(22)21-13-7-3-4-11-17(21)15-9-5-6-10-16(15)19/h5-6,9-10,17H,2-4,7-8,11-14H2,1H3,(H,20,22)/t17-/m0/s1. The minimum absolute atomic E-state index is 0.00770. The first-order chi connectivity index (χ1) is 11.2. The van der Waals surface area contributed by atoms with E-state index in [0.29, 0.717) is 19.8 Å². The molecule has 1 heterocycles. The van der Waals surface area contributed by atoms with Crippen molar-refractivity contribution in [2.45, 2.75) is 45.1 Å². The molecular formula is C18H27ClN2O2. The van der Waals surface area contributed by atoms with Crippen molar-refractivity contribution >= 4 is 17.6 Å². The van der Waals surface area contributed by atoms with E-state index in [-0.39, 0.29) is 12.1 Å². The van der Waals surface area contributed by atoms with Gasteiger partial charge >= 0.3 is 6.03 Å². The van der Waals surface area contributed by atoms with Crippen molar-refractivity contribution in [3.63, 3.8) is 0 Å². The molecule has 0 aromatic heterocycles. The number of nitrogens with one attached hydrogen (secondary N) is 1. The highest BCUT2D eigenvalue weighted by Gasteiger charge is 2.27. The number of hydrogen-bond acceptors (Lipinski definition) is 2. The van der Waals surface area contributed by atoms with Crippen LogP contribution in [0.5, 0.6) is 0 Å². The minimum Gasteiger partial charge on any atom is -0.382 e. The van der Waals surface area contributed by atoms with Crippen molar-refractivity contribution in [1.29, 1.82) is 0 Å². The zero-order chi connectivity index (χ0) is 16.5. The molecule has 1 aromatic carbocycles. The molecule has 5 heteroatoms. The number of urea groups is 1. The lowest BCUT2D eigenvalue weighted by molar-refractivity contribution is 0.142. The highest BCUT2D eigenvalue weighted by molar-refractivity contribution is 6.31. The highest BCUT2D eigenvalue weighted by atomic mass is 35.5. The van der Waals surface area contributed by atoms with Gasteiger partial charge in [0.1, 0.15) is 0 Å². The third kappa shape index (κ3) is 5.40. The normalized spacial score (nSPS) is 18.5. The van der Waals surface area contributed by atoms with E-state index in [2.05, 4.69) is 5.32 Å². The Morgan fingerprint density at radius 2 is 2.17 bits per heavy atom. The molecule has 1 fully saturated rings. The van der Waals surface area contributed by atoms with E-state index in [4.69, 9.17) is 16.3 Å². The molecule has 1 saturated heterocycles. The molecule has 0 bridgehead atoms. The van der Waals surface area contributed by atoms with Crippen LogP contribution in [-0.2, 0) is 4.74 Å². The molecule has 1 aliphatic rings. The molecule has 0 unspecified atom stereocenters. The smallest absolute Gasteiger partial charge is 0.317 e. The zero-order valence-corrected chi connectivity index (χ0v) is 14.6. The van der Waals surface area contributed by atoms with E-state index in [1.165, 1.54) is 0 Å². The number of carbonyl (C=O) groups excluding carboxylic acids is 1. The Balaban J connectivity index is 2.00. The average Bonchev–Trinajstić information content (AvgIpc) is 2.81. The zero-order valence-electron chi connectivity index (χ0n) is 13.9. The number of likely N-dealkylation sites (tertiary alicyclic amines) is 1. The maximum Gasteiger partial charge on any atom is 0.317 e. The second-order valence-corrected chi connectivity index (χ2v) is 6.27. The summed E-state index contributed by atoms with van der Waals surface area (Å²) in [7, 11) is 0. The summed E-state index contributed by atoms with van der Waals surface area (Å²) in [4.78, 5) is 14.6. The maximum atomic E-state index is 12.6. The highest BCUT2D eigenvalue weighted by Crippen LogP contribution is 2.34. The molecule has 2 amide bonds. The first-order valence-electron chi connectivity index (χ1n) is 8.60. The Bertz CT molecular complexity index is 496. The summed E-state index contributed by atoms with van der Waals surface area (Å²) >= 11 is 6.37. The lowest BCUT2D eigenvalue weighted by Crippen LogP contribution is -2.42. The molecule has 128 valence electrons. The Morgan fingerprint density at radius 1 is 1.35 bits per heavy atom. The summed E-state index contributed by atoms with van der Waals surface area (Å²) < 4.78 is 5.30. The van der Waals surface area contributed by atoms with Crippen molar-refractivity contribution in [1.82, 2.24) is 10.2 Å². The molecule has 2 rings (SSSR count). The SMILES string of the molecule is CCOCCCNC(=O)N1CCCCC[C@H]1c1ccccc1Cl. The molecule has 0 saturated carbocycles. The number of carbonyl (C=O) groups is 1. The Kier molecular flexibility index (Phi) is 7.69. The number of ether oxygens (including phenoxy) is 1. The van der Waals surface area contributed by atoms with E-state index in [0.717, 1.165) is 49.2 Å². The van der Waals surface area contributed by atoms with Crippen LogP contribution in [0.4, 0.5) is 4.79 Å². The van der Waals surface area contributed by atoms with E-state index >= 15 is 0 Å². The van der Waals surface area contributed by atoms with Crippen LogP contribution in [0.15, 0.2) is 24.3 Å². The van der Waals surface area contributed by atoms with Gasteiger partial charge in [0, 0.05) is 31.3 Å². The fourth-order valence-electron chi connectivity index (χ4n) is 3.04. The van der Waals surface area contributed by atoms with Gasteiger partial charge in [-0.15, -0.1) is 0 Å². The predicted octanol–water partition coefficient (Wildman–Crippen LogP) is 4.39. The van der Waals surface area contributed by atoms with Crippen LogP contribution < -0.4 is 5.32 Å². The summed E-state index contributed by atoms with van der Waals surface area (Å²) in [6, 6.07) is 7.94. The molecule has 0 aliphatic carbocycles. The topological polar surface area (TPSA) is 41.6 Å². The largest absolute Gasteiger partial charge is 0.382 e. The van der Waals surface area contributed by atoms with E-state index in [1.807, 2.05) is 36.1 Å². The summed E-state index contributed by atoms with van der Waals surface area (Å²) in [5.74, 6) is 0. The number of hydrogen-bond donors (Lipinski definition) is 1. The van der Waals surface area contributed by atoms with Crippen LogP contribution in [0, 0.1) is 0 Å². The number of halogens is 1. The molecule has 4 nitrogen and oxygen atoms in total. The van der Waals surface area contributed by atoms with E-state index < -0.39 is 0 Å². The van der Waals surface area contributed by atoms with Crippen LogP contribution in [-0.4, -0.2) is 37.2 Å². The summed E-state index contributed by atoms with van der Waals surface area (Å²) in [5, 5.41) is 3.77. The number of benzene rings is 1. The van der Waals surface area contributed by atoms with Crippen LogP contribution in [0.2, 0.25) is 5.02 Å². The molecule has 1 aromatic rings. The summed E-state index contributed by atoms with van der Waals surface area (Å²) in [6.45, 7) is 4.81. The van der Waals surface area contributed by atoms with Gasteiger partial charge in [-0.25, -0.2) is 4.79 Å². The Hall–Kier alpha value is -1.26. The lowest BCUT2D eigenvalue weighted by Gasteiger charge is -2.31. The van der Waals surface area contributed by atoms with Gasteiger partial charge < -0.3 is 15.0 Å².